The van der Waals surface area contributed by atoms with Crippen LogP contribution in [0.1, 0.15) is 26.2 Å². The lowest BCUT2D eigenvalue weighted by Crippen LogP contribution is -2.48. The number of hydrogen-bond donors (Lipinski definition) is 2. The van der Waals surface area contributed by atoms with Crippen molar-refractivity contribution in [2.75, 3.05) is 50.7 Å². The first-order chi connectivity index (χ1) is 13.7. The predicted octanol–water partition coefficient (Wildman–Crippen LogP) is 2.44. The highest BCUT2D eigenvalue weighted by Gasteiger charge is 2.41. The molecule has 8 heteroatoms. The average molecular weight is 517 g/mol. The smallest absolute Gasteiger partial charge is 0.191 e. The van der Waals surface area contributed by atoms with Crippen LogP contribution in [0.5, 0.6) is 0 Å². The number of benzene rings is 1. The summed E-state index contributed by atoms with van der Waals surface area (Å²) >= 11 is 0. The molecule has 3 unspecified atom stereocenters. The Labute approximate surface area is 190 Å². The standard InChI is InChI=1S/C21H32FN5O.HI/c1-2-23-21(25-19-15-18-7-8-20(19)28-18)24-9-10-26-11-13-27(14-12-26)17-5-3-16(22)4-6-17;/h3-6,18-20H,2,7-15H2,1H3,(H2,23,24,25);1H. The molecule has 3 heterocycles. The van der Waals surface area contributed by atoms with Crippen molar-refractivity contribution in [3.05, 3.63) is 30.1 Å². The number of fused-ring (bicyclic) bond motifs is 2. The van der Waals surface area contributed by atoms with E-state index in [1.54, 1.807) is 0 Å². The lowest BCUT2D eigenvalue weighted by Gasteiger charge is -2.35. The van der Waals surface area contributed by atoms with Gasteiger partial charge in [-0.2, -0.15) is 0 Å². The van der Waals surface area contributed by atoms with E-state index in [1.807, 2.05) is 12.1 Å². The maximum Gasteiger partial charge on any atom is 0.191 e. The van der Waals surface area contributed by atoms with Crippen molar-refractivity contribution in [2.24, 2.45) is 4.99 Å². The Balaban J connectivity index is 0.00000240. The van der Waals surface area contributed by atoms with Crippen LogP contribution < -0.4 is 15.5 Å². The van der Waals surface area contributed by atoms with Crippen LogP contribution in [0.2, 0.25) is 0 Å². The largest absolute Gasteiger partial charge is 0.373 e. The Hall–Kier alpha value is -1.13. The van der Waals surface area contributed by atoms with Crippen LogP contribution in [-0.4, -0.2) is 74.9 Å². The van der Waals surface area contributed by atoms with Crippen molar-refractivity contribution in [2.45, 2.75) is 44.4 Å². The average Bonchev–Trinajstić information content (AvgIpc) is 3.33. The van der Waals surface area contributed by atoms with Crippen LogP contribution in [-0.2, 0) is 4.74 Å². The van der Waals surface area contributed by atoms with E-state index in [-0.39, 0.29) is 29.8 Å². The van der Waals surface area contributed by atoms with Gasteiger partial charge in [-0.05, 0) is 50.5 Å². The highest BCUT2D eigenvalue weighted by Crippen LogP contribution is 2.34. The fourth-order valence-electron chi connectivity index (χ4n) is 4.47. The van der Waals surface area contributed by atoms with Gasteiger partial charge in [0.1, 0.15) is 5.82 Å². The van der Waals surface area contributed by atoms with Crippen molar-refractivity contribution in [3.63, 3.8) is 0 Å². The van der Waals surface area contributed by atoms with E-state index in [9.17, 15) is 4.39 Å². The predicted molar refractivity (Wildman–Crippen MR) is 126 cm³/mol. The molecule has 4 rings (SSSR count). The summed E-state index contributed by atoms with van der Waals surface area (Å²) in [5.74, 6) is 0.732. The van der Waals surface area contributed by atoms with E-state index in [2.05, 4.69) is 27.4 Å². The summed E-state index contributed by atoms with van der Waals surface area (Å²) in [6, 6.07) is 7.20. The Kier molecular flexibility index (Phi) is 8.37. The van der Waals surface area contributed by atoms with E-state index < -0.39 is 0 Å². The zero-order valence-electron chi connectivity index (χ0n) is 17.1. The molecule has 3 aliphatic rings. The van der Waals surface area contributed by atoms with Gasteiger partial charge in [-0.15, -0.1) is 24.0 Å². The number of anilines is 1. The lowest BCUT2D eigenvalue weighted by atomic mass is 9.96. The van der Waals surface area contributed by atoms with Crippen molar-refractivity contribution < 1.29 is 9.13 Å². The molecule has 2 bridgehead atoms. The molecule has 0 aromatic heterocycles. The number of aliphatic imine (C=N–C) groups is 1. The minimum Gasteiger partial charge on any atom is -0.373 e. The number of guanidine groups is 1. The number of ether oxygens (including phenoxy) is 1. The first-order valence-electron chi connectivity index (χ1n) is 10.6. The summed E-state index contributed by atoms with van der Waals surface area (Å²) in [6.45, 7) is 8.67. The van der Waals surface area contributed by atoms with E-state index in [0.29, 0.717) is 18.2 Å². The highest BCUT2D eigenvalue weighted by molar-refractivity contribution is 14.0. The van der Waals surface area contributed by atoms with Gasteiger partial charge < -0.3 is 20.3 Å². The molecule has 29 heavy (non-hydrogen) atoms. The summed E-state index contributed by atoms with van der Waals surface area (Å²) < 4.78 is 19.0. The van der Waals surface area contributed by atoms with Crippen LogP contribution in [0, 0.1) is 5.82 Å². The summed E-state index contributed by atoms with van der Waals surface area (Å²) in [4.78, 5) is 9.55. The zero-order chi connectivity index (χ0) is 19.3. The van der Waals surface area contributed by atoms with Crippen molar-refractivity contribution in [3.8, 4) is 0 Å². The van der Waals surface area contributed by atoms with Gasteiger partial charge in [0, 0.05) is 45.0 Å². The van der Waals surface area contributed by atoms with Crippen LogP contribution in [0.25, 0.3) is 0 Å². The fraction of sp³-hybridized carbons (Fsp3) is 0.667. The molecule has 6 nitrogen and oxygen atoms in total. The molecule has 3 fully saturated rings. The maximum absolute atomic E-state index is 13.1. The van der Waals surface area contributed by atoms with Gasteiger partial charge in [0.25, 0.3) is 0 Å². The molecule has 162 valence electrons. The first-order valence-corrected chi connectivity index (χ1v) is 10.6. The molecule has 3 atom stereocenters. The van der Waals surface area contributed by atoms with Crippen LogP contribution >= 0.6 is 24.0 Å². The molecule has 0 radical (unpaired) electrons. The quantitative estimate of drug-likeness (QED) is 0.345. The summed E-state index contributed by atoms with van der Waals surface area (Å²) in [7, 11) is 0. The van der Waals surface area contributed by atoms with Gasteiger partial charge in [-0.25, -0.2) is 4.39 Å². The third-order valence-electron chi connectivity index (χ3n) is 6.02. The number of hydrogen-bond acceptors (Lipinski definition) is 4. The molecule has 0 aliphatic carbocycles. The second-order valence-corrected chi connectivity index (χ2v) is 7.93. The van der Waals surface area contributed by atoms with Crippen LogP contribution in [0.3, 0.4) is 0 Å². The van der Waals surface area contributed by atoms with Crippen molar-refractivity contribution >= 4 is 35.6 Å². The van der Waals surface area contributed by atoms with Crippen LogP contribution in [0.4, 0.5) is 10.1 Å². The Morgan fingerprint density at radius 1 is 1.17 bits per heavy atom. The van der Waals surface area contributed by atoms with Gasteiger partial charge in [0.15, 0.2) is 5.96 Å². The number of piperazine rings is 1. The second-order valence-electron chi connectivity index (χ2n) is 7.93. The number of nitrogens with one attached hydrogen (secondary N) is 2. The number of halogens is 2. The minimum absolute atomic E-state index is 0. The molecule has 0 saturated carbocycles. The van der Waals surface area contributed by atoms with E-state index in [1.165, 1.54) is 25.0 Å². The number of nitrogens with zero attached hydrogens (tertiary/aromatic N) is 3. The van der Waals surface area contributed by atoms with Crippen molar-refractivity contribution in [1.29, 1.82) is 0 Å². The summed E-state index contributed by atoms with van der Waals surface area (Å²) in [5.41, 5.74) is 1.10. The number of rotatable bonds is 6. The third kappa shape index (κ3) is 5.95. The molecular weight excluding hydrogens is 484 g/mol. The van der Waals surface area contributed by atoms with E-state index in [0.717, 1.165) is 63.9 Å². The third-order valence-corrected chi connectivity index (χ3v) is 6.02. The first kappa shape index (κ1) is 22.6. The van der Waals surface area contributed by atoms with Crippen LogP contribution in [0.15, 0.2) is 29.3 Å². The molecule has 0 spiro atoms. The Morgan fingerprint density at radius 2 is 1.93 bits per heavy atom. The molecule has 3 saturated heterocycles. The highest BCUT2D eigenvalue weighted by atomic mass is 127. The fourth-order valence-corrected chi connectivity index (χ4v) is 4.47. The van der Waals surface area contributed by atoms with Gasteiger partial charge in [-0.1, -0.05) is 0 Å². The maximum atomic E-state index is 13.1. The summed E-state index contributed by atoms with van der Waals surface area (Å²) in [6.07, 6.45) is 4.28. The molecule has 2 N–H and O–H groups in total. The molecule has 1 aromatic carbocycles. The van der Waals surface area contributed by atoms with Gasteiger partial charge in [0.2, 0.25) is 0 Å². The molecule has 1 aromatic rings. The van der Waals surface area contributed by atoms with Gasteiger partial charge >= 0.3 is 0 Å². The van der Waals surface area contributed by atoms with E-state index in [4.69, 9.17) is 9.73 Å². The molecular formula is C21H33FIN5O. The van der Waals surface area contributed by atoms with Gasteiger partial charge in [0.05, 0.1) is 24.8 Å². The zero-order valence-corrected chi connectivity index (χ0v) is 19.5. The topological polar surface area (TPSA) is 52.1 Å². The minimum atomic E-state index is -0.178. The van der Waals surface area contributed by atoms with E-state index >= 15 is 0 Å². The SMILES string of the molecule is CCNC(=NCCN1CCN(c2ccc(F)cc2)CC1)NC1CC2CCC1O2.I. The van der Waals surface area contributed by atoms with Gasteiger partial charge in [-0.3, -0.25) is 9.89 Å². The Bertz CT molecular complexity index is 666. The second kappa shape index (κ2) is 10.8. The normalized spacial score (nSPS) is 27.0. The van der Waals surface area contributed by atoms with Crippen molar-refractivity contribution in [1.82, 2.24) is 15.5 Å². The molecule has 0 amide bonds. The summed E-state index contributed by atoms with van der Waals surface area (Å²) in [5, 5.41) is 6.94. The lowest BCUT2D eigenvalue weighted by molar-refractivity contribution is 0.0992. The monoisotopic (exact) mass is 517 g/mol. The molecule has 3 aliphatic heterocycles. The Morgan fingerprint density at radius 3 is 2.55 bits per heavy atom.